The molecule has 1 heterocycles. The molecule has 0 amide bonds. The van der Waals surface area contributed by atoms with Crippen LogP contribution in [-0.2, 0) is 16.1 Å². The standard InChI is InChI=1S/C17H15NO2/c19-17-16(15-9-5-2-6-10-15)18(11-12-20-17)13-14-7-3-1-4-8-14/h1-12,16H,13H2. The van der Waals surface area contributed by atoms with Gasteiger partial charge in [-0.3, -0.25) is 0 Å². The number of ether oxygens (including phenoxy) is 1. The predicted octanol–water partition coefficient (Wildman–Crippen LogP) is 3.26. The molecule has 0 N–H and O–H groups in total. The average Bonchev–Trinajstić information content (AvgIpc) is 2.49. The Morgan fingerprint density at radius 3 is 2.30 bits per heavy atom. The van der Waals surface area contributed by atoms with E-state index in [1.54, 1.807) is 0 Å². The normalized spacial score (nSPS) is 17.9. The van der Waals surface area contributed by atoms with Crippen molar-refractivity contribution in [3.8, 4) is 0 Å². The van der Waals surface area contributed by atoms with E-state index in [0.29, 0.717) is 6.54 Å². The van der Waals surface area contributed by atoms with Crippen LogP contribution in [0, 0.1) is 0 Å². The van der Waals surface area contributed by atoms with E-state index in [1.165, 1.54) is 6.26 Å². The van der Waals surface area contributed by atoms with Crippen molar-refractivity contribution in [2.24, 2.45) is 0 Å². The number of esters is 1. The summed E-state index contributed by atoms with van der Waals surface area (Å²) in [6.07, 6.45) is 3.27. The topological polar surface area (TPSA) is 29.5 Å². The maximum absolute atomic E-state index is 12.1. The first-order chi connectivity index (χ1) is 9.84. The Hall–Kier alpha value is -2.55. The van der Waals surface area contributed by atoms with E-state index in [2.05, 4.69) is 12.1 Å². The fourth-order valence-corrected chi connectivity index (χ4v) is 2.36. The van der Waals surface area contributed by atoms with Gasteiger partial charge in [-0.2, -0.15) is 0 Å². The maximum atomic E-state index is 12.1. The molecule has 1 aliphatic rings. The lowest BCUT2D eigenvalue weighted by molar-refractivity contribution is -0.146. The summed E-state index contributed by atoms with van der Waals surface area (Å²) in [5.74, 6) is -0.241. The van der Waals surface area contributed by atoms with Crippen LogP contribution < -0.4 is 0 Å². The molecular weight excluding hydrogens is 250 g/mol. The third kappa shape index (κ3) is 2.57. The summed E-state index contributed by atoms with van der Waals surface area (Å²) in [5, 5.41) is 0. The van der Waals surface area contributed by atoms with E-state index in [-0.39, 0.29) is 12.0 Å². The second-order valence-corrected chi connectivity index (χ2v) is 4.69. The van der Waals surface area contributed by atoms with Gasteiger partial charge in [0.15, 0.2) is 6.04 Å². The minimum absolute atomic E-state index is 0.241. The third-order valence-corrected chi connectivity index (χ3v) is 3.31. The highest BCUT2D eigenvalue weighted by atomic mass is 16.5. The van der Waals surface area contributed by atoms with Gasteiger partial charge in [-0.1, -0.05) is 60.7 Å². The number of carbonyl (C=O) groups is 1. The number of hydrogen-bond acceptors (Lipinski definition) is 3. The van der Waals surface area contributed by atoms with E-state index in [0.717, 1.165) is 11.1 Å². The smallest absolute Gasteiger partial charge is 0.338 e. The highest BCUT2D eigenvalue weighted by Gasteiger charge is 2.29. The minimum Gasteiger partial charge on any atom is -0.431 e. The number of nitrogens with zero attached hydrogens (tertiary/aromatic N) is 1. The number of benzene rings is 2. The van der Waals surface area contributed by atoms with Crippen LogP contribution in [0.4, 0.5) is 0 Å². The molecule has 20 heavy (non-hydrogen) atoms. The van der Waals surface area contributed by atoms with E-state index in [1.807, 2.05) is 59.6 Å². The Labute approximate surface area is 118 Å². The van der Waals surface area contributed by atoms with E-state index in [9.17, 15) is 4.79 Å². The minimum atomic E-state index is -0.388. The molecule has 0 saturated heterocycles. The zero-order valence-corrected chi connectivity index (χ0v) is 11.0. The van der Waals surface area contributed by atoms with Crippen molar-refractivity contribution >= 4 is 5.97 Å². The van der Waals surface area contributed by atoms with Gasteiger partial charge in [0, 0.05) is 12.7 Å². The monoisotopic (exact) mass is 265 g/mol. The van der Waals surface area contributed by atoms with Crippen LogP contribution in [0.3, 0.4) is 0 Å². The molecule has 0 aliphatic carbocycles. The molecule has 1 atom stereocenters. The van der Waals surface area contributed by atoms with E-state index in [4.69, 9.17) is 4.74 Å². The summed E-state index contributed by atoms with van der Waals surface area (Å²) in [6, 6.07) is 19.4. The molecule has 2 aromatic rings. The Morgan fingerprint density at radius 2 is 1.60 bits per heavy atom. The molecule has 2 aromatic carbocycles. The largest absolute Gasteiger partial charge is 0.431 e. The first-order valence-electron chi connectivity index (χ1n) is 6.56. The Balaban J connectivity index is 1.89. The fraction of sp³-hybridized carbons (Fsp3) is 0.118. The first kappa shape index (κ1) is 12.5. The summed E-state index contributed by atoms with van der Waals surface area (Å²) < 4.78 is 5.05. The van der Waals surface area contributed by atoms with Gasteiger partial charge in [-0.05, 0) is 11.1 Å². The average molecular weight is 265 g/mol. The molecule has 1 aliphatic heterocycles. The van der Waals surface area contributed by atoms with E-state index >= 15 is 0 Å². The zero-order chi connectivity index (χ0) is 13.8. The number of cyclic esters (lactones) is 1. The third-order valence-electron chi connectivity index (χ3n) is 3.31. The summed E-state index contributed by atoms with van der Waals surface area (Å²) in [4.78, 5) is 14.1. The van der Waals surface area contributed by atoms with Crippen LogP contribution in [0.1, 0.15) is 17.2 Å². The Bertz CT molecular complexity index is 607. The number of rotatable bonds is 3. The van der Waals surface area contributed by atoms with Crippen molar-refractivity contribution in [3.63, 3.8) is 0 Å². The Morgan fingerprint density at radius 1 is 0.950 bits per heavy atom. The van der Waals surface area contributed by atoms with Gasteiger partial charge < -0.3 is 9.64 Å². The van der Waals surface area contributed by atoms with Gasteiger partial charge in [0.2, 0.25) is 0 Å². The second-order valence-electron chi connectivity index (χ2n) is 4.69. The summed E-state index contributed by atoms with van der Waals surface area (Å²) in [5.41, 5.74) is 2.10. The molecule has 0 spiro atoms. The highest BCUT2D eigenvalue weighted by Crippen LogP contribution is 2.27. The van der Waals surface area contributed by atoms with Crippen LogP contribution in [0.15, 0.2) is 73.1 Å². The van der Waals surface area contributed by atoms with Crippen LogP contribution in [0.5, 0.6) is 0 Å². The summed E-state index contributed by atoms with van der Waals surface area (Å²) >= 11 is 0. The predicted molar refractivity (Wildman–Crippen MR) is 76.4 cm³/mol. The maximum Gasteiger partial charge on any atom is 0.338 e. The molecule has 0 bridgehead atoms. The lowest BCUT2D eigenvalue weighted by Gasteiger charge is -2.31. The summed E-state index contributed by atoms with van der Waals surface area (Å²) in [6.45, 7) is 0.673. The molecule has 3 heteroatoms. The van der Waals surface area contributed by atoms with Gasteiger partial charge in [0.25, 0.3) is 0 Å². The van der Waals surface area contributed by atoms with Crippen molar-refractivity contribution in [3.05, 3.63) is 84.3 Å². The number of carbonyl (C=O) groups excluding carboxylic acids is 1. The zero-order valence-electron chi connectivity index (χ0n) is 11.0. The lowest BCUT2D eigenvalue weighted by Crippen LogP contribution is -2.33. The molecule has 0 aromatic heterocycles. The molecule has 0 radical (unpaired) electrons. The highest BCUT2D eigenvalue weighted by molar-refractivity contribution is 5.79. The number of hydrogen-bond donors (Lipinski definition) is 0. The fourth-order valence-electron chi connectivity index (χ4n) is 2.36. The molecule has 3 nitrogen and oxygen atoms in total. The molecule has 1 unspecified atom stereocenters. The summed E-state index contributed by atoms with van der Waals surface area (Å²) in [7, 11) is 0. The second kappa shape index (κ2) is 5.61. The van der Waals surface area contributed by atoms with Crippen molar-refractivity contribution in [1.82, 2.24) is 4.90 Å². The van der Waals surface area contributed by atoms with Gasteiger partial charge >= 0.3 is 5.97 Å². The Kier molecular flexibility index (Phi) is 3.50. The quantitative estimate of drug-likeness (QED) is 0.798. The lowest BCUT2D eigenvalue weighted by atomic mass is 10.0. The molecule has 100 valence electrons. The van der Waals surface area contributed by atoms with Gasteiger partial charge in [0.1, 0.15) is 6.26 Å². The molecule has 3 rings (SSSR count). The molecule has 0 saturated carbocycles. The van der Waals surface area contributed by atoms with Crippen LogP contribution in [0.25, 0.3) is 0 Å². The van der Waals surface area contributed by atoms with Crippen molar-refractivity contribution in [2.45, 2.75) is 12.6 Å². The van der Waals surface area contributed by atoms with E-state index < -0.39 is 0 Å². The first-order valence-corrected chi connectivity index (χ1v) is 6.56. The van der Waals surface area contributed by atoms with Gasteiger partial charge in [-0.15, -0.1) is 0 Å². The van der Waals surface area contributed by atoms with Crippen LogP contribution >= 0.6 is 0 Å². The SMILES string of the molecule is O=C1OC=CN(Cc2ccccc2)C1c1ccccc1. The van der Waals surface area contributed by atoms with Crippen molar-refractivity contribution in [1.29, 1.82) is 0 Å². The van der Waals surface area contributed by atoms with Crippen molar-refractivity contribution in [2.75, 3.05) is 0 Å². The molecular formula is C17H15NO2. The van der Waals surface area contributed by atoms with Gasteiger partial charge in [0.05, 0.1) is 0 Å². The van der Waals surface area contributed by atoms with Crippen LogP contribution in [-0.4, -0.2) is 10.9 Å². The van der Waals surface area contributed by atoms with Crippen LogP contribution in [0.2, 0.25) is 0 Å². The van der Waals surface area contributed by atoms with Gasteiger partial charge in [-0.25, -0.2) is 4.79 Å². The molecule has 0 fully saturated rings. The van der Waals surface area contributed by atoms with Crippen molar-refractivity contribution < 1.29 is 9.53 Å².